The van der Waals surface area contributed by atoms with Crippen LogP contribution in [0.4, 0.5) is 4.79 Å². The molecule has 0 bridgehead atoms. The van der Waals surface area contributed by atoms with Crippen molar-refractivity contribution < 1.29 is 9.53 Å². The van der Waals surface area contributed by atoms with Crippen LogP contribution in [0.1, 0.15) is 69.0 Å². The first-order valence-corrected chi connectivity index (χ1v) is 8.71. The first-order valence-electron chi connectivity index (χ1n) is 8.71. The van der Waals surface area contributed by atoms with Gasteiger partial charge in [0, 0.05) is 0 Å². The largest absolute Gasteiger partial charge is 0.495 e. The number of rotatable bonds is 10. The smallest absolute Gasteiger partial charge is 0.313 e. The molecule has 0 spiro atoms. The Morgan fingerprint density at radius 3 is 2.57 bits per heavy atom. The standard InChI is InChI=1S/C19H28N2O2/c1-2-3-4-5-6-7-10-13-23-17-14-15-11-8-9-12-16(15)18(17)21-19(20)22/h8-9,11-12,14,18H,2-7,10,13H2,1H3,(H3,20,21,22). The zero-order chi connectivity index (χ0) is 16.5. The topological polar surface area (TPSA) is 64.3 Å². The third-order valence-corrected chi connectivity index (χ3v) is 4.19. The van der Waals surface area contributed by atoms with E-state index in [1.165, 1.54) is 38.5 Å². The van der Waals surface area contributed by atoms with E-state index in [4.69, 9.17) is 10.5 Å². The quantitative estimate of drug-likeness (QED) is 0.623. The van der Waals surface area contributed by atoms with Crippen LogP contribution in [-0.4, -0.2) is 12.6 Å². The second-order valence-corrected chi connectivity index (χ2v) is 6.09. The van der Waals surface area contributed by atoms with Gasteiger partial charge in [-0.2, -0.15) is 0 Å². The predicted molar refractivity (Wildman–Crippen MR) is 93.8 cm³/mol. The molecule has 1 aromatic carbocycles. The normalized spacial score (nSPS) is 15.9. The van der Waals surface area contributed by atoms with E-state index in [0.717, 1.165) is 23.3 Å². The molecule has 2 rings (SSSR count). The van der Waals surface area contributed by atoms with Gasteiger partial charge in [-0.3, -0.25) is 0 Å². The van der Waals surface area contributed by atoms with Crippen molar-refractivity contribution in [3.05, 3.63) is 41.2 Å². The Morgan fingerprint density at radius 2 is 1.83 bits per heavy atom. The minimum atomic E-state index is -0.530. The van der Waals surface area contributed by atoms with Crippen LogP contribution in [0.5, 0.6) is 0 Å². The number of hydrogen-bond acceptors (Lipinski definition) is 2. The summed E-state index contributed by atoms with van der Waals surface area (Å²) < 4.78 is 5.92. The summed E-state index contributed by atoms with van der Waals surface area (Å²) in [5.74, 6) is 0.788. The van der Waals surface area contributed by atoms with Crippen molar-refractivity contribution in [3.63, 3.8) is 0 Å². The molecule has 3 N–H and O–H groups in total. The van der Waals surface area contributed by atoms with Crippen molar-refractivity contribution in [1.29, 1.82) is 0 Å². The van der Waals surface area contributed by atoms with Gasteiger partial charge in [-0.15, -0.1) is 0 Å². The summed E-state index contributed by atoms with van der Waals surface area (Å²) in [5.41, 5.74) is 7.42. The fraction of sp³-hybridized carbons (Fsp3) is 0.526. The highest BCUT2D eigenvalue weighted by molar-refractivity contribution is 5.75. The molecule has 1 aliphatic rings. The summed E-state index contributed by atoms with van der Waals surface area (Å²) in [6.45, 7) is 2.92. The second-order valence-electron chi connectivity index (χ2n) is 6.09. The molecule has 0 aromatic heterocycles. The van der Waals surface area contributed by atoms with Gasteiger partial charge >= 0.3 is 6.03 Å². The van der Waals surface area contributed by atoms with E-state index in [2.05, 4.69) is 12.2 Å². The van der Waals surface area contributed by atoms with E-state index in [1.807, 2.05) is 30.3 Å². The number of ether oxygens (including phenoxy) is 1. The Morgan fingerprint density at radius 1 is 1.13 bits per heavy atom. The number of urea groups is 1. The van der Waals surface area contributed by atoms with Crippen LogP contribution < -0.4 is 11.1 Å². The van der Waals surface area contributed by atoms with Gasteiger partial charge in [-0.05, 0) is 23.6 Å². The van der Waals surface area contributed by atoms with Crippen LogP contribution in [0.3, 0.4) is 0 Å². The Hall–Kier alpha value is -1.97. The van der Waals surface area contributed by atoms with Crippen molar-refractivity contribution in [3.8, 4) is 0 Å². The number of carbonyl (C=O) groups is 1. The lowest BCUT2D eigenvalue weighted by Crippen LogP contribution is -2.33. The Bertz CT molecular complexity index is 540. The fourth-order valence-corrected chi connectivity index (χ4v) is 2.96. The lowest BCUT2D eigenvalue weighted by molar-refractivity contribution is 0.184. The van der Waals surface area contributed by atoms with E-state index in [9.17, 15) is 4.79 Å². The fourth-order valence-electron chi connectivity index (χ4n) is 2.96. The van der Waals surface area contributed by atoms with E-state index < -0.39 is 6.03 Å². The molecule has 1 aliphatic carbocycles. The maximum Gasteiger partial charge on any atom is 0.313 e. The zero-order valence-corrected chi connectivity index (χ0v) is 14.0. The van der Waals surface area contributed by atoms with Gasteiger partial charge < -0.3 is 15.8 Å². The molecule has 4 nitrogen and oxygen atoms in total. The number of benzene rings is 1. The summed E-state index contributed by atoms with van der Waals surface area (Å²) >= 11 is 0. The molecular formula is C19H28N2O2. The van der Waals surface area contributed by atoms with E-state index in [0.29, 0.717) is 6.61 Å². The SMILES string of the molecule is CCCCCCCCCOC1=Cc2ccccc2C1NC(N)=O. The van der Waals surface area contributed by atoms with Crippen molar-refractivity contribution in [1.82, 2.24) is 5.32 Å². The van der Waals surface area contributed by atoms with Gasteiger partial charge in [-0.1, -0.05) is 69.7 Å². The van der Waals surface area contributed by atoms with Gasteiger partial charge in [0.25, 0.3) is 0 Å². The average molecular weight is 316 g/mol. The number of fused-ring (bicyclic) bond motifs is 1. The molecule has 0 saturated heterocycles. The molecular weight excluding hydrogens is 288 g/mol. The van der Waals surface area contributed by atoms with Gasteiger partial charge in [0.05, 0.1) is 6.61 Å². The van der Waals surface area contributed by atoms with Crippen LogP contribution in [0.15, 0.2) is 30.0 Å². The van der Waals surface area contributed by atoms with Crippen LogP contribution in [-0.2, 0) is 4.74 Å². The molecule has 126 valence electrons. The Balaban J connectivity index is 1.77. The highest BCUT2D eigenvalue weighted by Gasteiger charge is 2.27. The number of primary amides is 1. The van der Waals surface area contributed by atoms with Crippen molar-refractivity contribution in [2.45, 2.75) is 57.9 Å². The number of nitrogens with one attached hydrogen (secondary N) is 1. The lowest BCUT2D eigenvalue weighted by Gasteiger charge is -2.18. The van der Waals surface area contributed by atoms with Crippen LogP contribution in [0.25, 0.3) is 6.08 Å². The summed E-state index contributed by atoms with van der Waals surface area (Å²) in [6, 6.07) is 7.17. The Kier molecular flexibility index (Phi) is 6.98. The number of unbranched alkanes of at least 4 members (excludes halogenated alkanes) is 6. The van der Waals surface area contributed by atoms with E-state index in [1.54, 1.807) is 0 Å². The predicted octanol–water partition coefficient (Wildman–Crippen LogP) is 4.52. The molecule has 0 aliphatic heterocycles. The average Bonchev–Trinajstić information content (AvgIpc) is 2.87. The molecule has 0 radical (unpaired) electrons. The molecule has 2 amide bonds. The summed E-state index contributed by atoms with van der Waals surface area (Å²) in [6.07, 6.45) is 10.8. The minimum absolute atomic E-state index is 0.256. The molecule has 0 fully saturated rings. The van der Waals surface area contributed by atoms with Gasteiger partial charge in [0.1, 0.15) is 11.8 Å². The molecule has 4 heteroatoms. The first-order chi connectivity index (χ1) is 11.2. The minimum Gasteiger partial charge on any atom is -0.495 e. The number of hydrogen-bond donors (Lipinski definition) is 2. The van der Waals surface area contributed by atoms with E-state index >= 15 is 0 Å². The van der Waals surface area contributed by atoms with Gasteiger partial charge in [-0.25, -0.2) is 4.79 Å². The molecule has 0 saturated carbocycles. The maximum absolute atomic E-state index is 11.2. The Labute approximate surface area is 139 Å². The summed E-state index contributed by atoms with van der Waals surface area (Å²) in [5, 5.41) is 2.77. The van der Waals surface area contributed by atoms with Crippen molar-refractivity contribution in [2.75, 3.05) is 6.61 Å². The third kappa shape index (κ3) is 5.31. The monoisotopic (exact) mass is 316 g/mol. The highest BCUT2D eigenvalue weighted by Crippen LogP contribution is 2.34. The van der Waals surface area contributed by atoms with Crippen LogP contribution >= 0.6 is 0 Å². The summed E-state index contributed by atoms with van der Waals surface area (Å²) in [4.78, 5) is 11.2. The van der Waals surface area contributed by atoms with Gasteiger partial charge in [0.15, 0.2) is 0 Å². The van der Waals surface area contributed by atoms with Crippen LogP contribution in [0.2, 0.25) is 0 Å². The second kappa shape index (κ2) is 9.23. The number of nitrogens with two attached hydrogens (primary N) is 1. The third-order valence-electron chi connectivity index (χ3n) is 4.19. The van der Waals surface area contributed by atoms with Crippen LogP contribution in [0, 0.1) is 0 Å². The first kappa shape index (κ1) is 17.4. The molecule has 0 heterocycles. The lowest BCUT2D eigenvalue weighted by atomic mass is 10.1. The summed E-state index contributed by atoms with van der Waals surface area (Å²) in [7, 11) is 0. The van der Waals surface area contributed by atoms with Crippen molar-refractivity contribution >= 4 is 12.1 Å². The zero-order valence-electron chi connectivity index (χ0n) is 14.0. The number of amides is 2. The maximum atomic E-state index is 11.2. The molecule has 1 atom stereocenters. The van der Waals surface area contributed by atoms with E-state index in [-0.39, 0.29) is 6.04 Å². The molecule has 23 heavy (non-hydrogen) atoms. The van der Waals surface area contributed by atoms with Gasteiger partial charge in [0.2, 0.25) is 0 Å². The van der Waals surface area contributed by atoms with Crippen molar-refractivity contribution in [2.24, 2.45) is 5.73 Å². The highest BCUT2D eigenvalue weighted by atomic mass is 16.5. The number of carbonyl (C=O) groups excluding carboxylic acids is 1. The molecule has 1 aromatic rings. The molecule has 1 unspecified atom stereocenters.